The molecule has 27 heavy (non-hydrogen) atoms. The molecule has 0 aliphatic carbocycles. The Morgan fingerprint density at radius 1 is 1.00 bits per heavy atom. The van der Waals surface area contributed by atoms with E-state index in [9.17, 15) is 4.79 Å². The van der Waals surface area contributed by atoms with Crippen LogP contribution >= 0.6 is 10.5 Å². The molecule has 4 heteroatoms. The molecule has 1 unspecified atom stereocenters. The van der Waals surface area contributed by atoms with Gasteiger partial charge in [-0.15, -0.1) is 0 Å². The van der Waals surface area contributed by atoms with Crippen LogP contribution in [0, 0.1) is 6.92 Å². The fraction of sp³-hybridized carbons (Fsp3) is 0.174. The first-order chi connectivity index (χ1) is 13.0. The number of hydrogen-bond donors (Lipinski definition) is 0. The molecule has 0 radical (unpaired) electrons. The summed E-state index contributed by atoms with van der Waals surface area (Å²) in [5.74, 6) is 0.272. The number of carbonyl (C=O) groups is 1. The Hall–Kier alpha value is -2.85. The first kappa shape index (κ1) is 17.6. The summed E-state index contributed by atoms with van der Waals surface area (Å²) in [6.07, 6.45) is 1.58. The van der Waals surface area contributed by atoms with E-state index in [4.69, 9.17) is 9.15 Å². The highest BCUT2D eigenvalue weighted by Crippen LogP contribution is 2.43. The molecule has 0 amide bonds. The summed E-state index contributed by atoms with van der Waals surface area (Å²) >= 11 is 0. The highest BCUT2D eigenvalue weighted by atomic mass is 32.2. The molecule has 2 heterocycles. The number of thiophene rings is 1. The van der Waals surface area contributed by atoms with Crippen LogP contribution in [0.3, 0.4) is 0 Å². The fourth-order valence-electron chi connectivity index (χ4n) is 3.26. The molecule has 0 saturated carbocycles. The Balaban J connectivity index is 1.68. The molecule has 1 atom stereocenters. The number of ether oxygens (including phenoxy) is 1. The Morgan fingerprint density at radius 2 is 1.81 bits per heavy atom. The van der Waals surface area contributed by atoms with Crippen LogP contribution in [0.15, 0.2) is 77.4 Å². The maximum absolute atomic E-state index is 12.8. The second-order valence-electron chi connectivity index (χ2n) is 7.00. The van der Waals surface area contributed by atoms with Gasteiger partial charge in [0.25, 0.3) is 0 Å². The topological polar surface area (TPSA) is 39.4 Å². The highest BCUT2D eigenvalue weighted by Gasteiger charge is 2.29. The van der Waals surface area contributed by atoms with E-state index in [1.165, 1.54) is 15.0 Å². The van der Waals surface area contributed by atoms with Crippen molar-refractivity contribution in [3.8, 4) is 4.90 Å². The zero-order chi connectivity index (χ0) is 19.0. The van der Waals surface area contributed by atoms with Crippen LogP contribution in [0.5, 0.6) is 0 Å². The molecule has 0 fully saturated rings. The standard InChI is InChI=1S/C23H21O3S/c1-16-14-17-8-4-5-11-20(17)27(16)19-10-6-9-18(15-19)22(24)26-23(2,3)21-12-7-13-25-21/h4-15H,1-3H3/q+1. The number of esters is 1. The molecule has 0 saturated heterocycles. The van der Waals surface area contributed by atoms with Gasteiger partial charge in [-0.3, -0.25) is 0 Å². The number of hydrogen-bond acceptors (Lipinski definition) is 3. The summed E-state index contributed by atoms with van der Waals surface area (Å²) in [4.78, 5) is 15.2. The van der Waals surface area contributed by atoms with Crippen molar-refractivity contribution in [3.05, 3.63) is 89.2 Å². The lowest BCUT2D eigenvalue weighted by Gasteiger charge is -2.22. The first-order valence-corrected chi connectivity index (χ1v) is 10.1. The third-order valence-corrected chi connectivity index (χ3v) is 6.89. The normalized spacial score (nSPS) is 12.3. The van der Waals surface area contributed by atoms with Crippen LogP contribution in [0.1, 0.15) is 34.8 Å². The number of fused-ring (bicyclic) bond motifs is 1. The zero-order valence-electron chi connectivity index (χ0n) is 15.6. The molecular formula is C23H21O3S+. The van der Waals surface area contributed by atoms with Gasteiger partial charge in [0.1, 0.15) is 5.76 Å². The van der Waals surface area contributed by atoms with E-state index >= 15 is 0 Å². The Morgan fingerprint density at radius 3 is 2.59 bits per heavy atom. The molecule has 0 aliphatic rings. The van der Waals surface area contributed by atoms with Crippen LogP contribution in [-0.2, 0) is 10.3 Å². The van der Waals surface area contributed by atoms with Gasteiger partial charge in [-0.2, -0.15) is 0 Å². The van der Waals surface area contributed by atoms with E-state index in [0.29, 0.717) is 11.3 Å². The fourth-order valence-corrected chi connectivity index (χ4v) is 5.52. The van der Waals surface area contributed by atoms with E-state index in [-0.39, 0.29) is 16.4 Å². The molecule has 0 N–H and O–H groups in total. The molecule has 0 aliphatic heterocycles. The molecule has 0 bridgehead atoms. The van der Waals surface area contributed by atoms with E-state index in [2.05, 4.69) is 43.3 Å². The Labute approximate surface area is 161 Å². The van der Waals surface area contributed by atoms with Gasteiger partial charge < -0.3 is 9.15 Å². The zero-order valence-corrected chi connectivity index (χ0v) is 16.4. The number of aryl methyl sites for hydroxylation is 1. The summed E-state index contributed by atoms with van der Waals surface area (Å²) in [6, 6.07) is 22.0. The maximum Gasteiger partial charge on any atom is 0.339 e. The lowest BCUT2D eigenvalue weighted by atomic mass is 10.1. The van der Waals surface area contributed by atoms with Gasteiger partial charge in [0.05, 0.1) is 11.8 Å². The van der Waals surface area contributed by atoms with E-state index in [1.54, 1.807) is 18.4 Å². The van der Waals surface area contributed by atoms with Gasteiger partial charge in [0.15, 0.2) is 20.1 Å². The van der Waals surface area contributed by atoms with Crippen LogP contribution in [0.2, 0.25) is 0 Å². The van der Waals surface area contributed by atoms with Gasteiger partial charge in [-0.05, 0) is 50.2 Å². The number of furan rings is 1. The lowest BCUT2D eigenvalue weighted by Crippen LogP contribution is -2.25. The number of rotatable bonds is 4. The van der Waals surface area contributed by atoms with Crippen LogP contribution in [0.25, 0.3) is 15.0 Å². The van der Waals surface area contributed by atoms with Crippen molar-refractivity contribution in [1.82, 2.24) is 0 Å². The average Bonchev–Trinajstić information content (AvgIpc) is 3.29. The van der Waals surface area contributed by atoms with Crippen LogP contribution < -0.4 is 0 Å². The summed E-state index contributed by atoms with van der Waals surface area (Å²) in [6.45, 7) is 5.80. The molecule has 2 aromatic carbocycles. The van der Waals surface area contributed by atoms with Crippen molar-refractivity contribution >= 4 is 26.5 Å². The average molecular weight is 377 g/mol. The second-order valence-corrected chi connectivity index (χ2v) is 9.17. The SMILES string of the molecule is Cc1cc2ccccc2[s+]1-c1cccc(C(=O)OC(C)(C)c2ccco2)c1. The smallest absolute Gasteiger partial charge is 0.339 e. The van der Waals surface area contributed by atoms with Gasteiger partial charge >= 0.3 is 5.97 Å². The summed E-state index contributed by atoms with van der Waals surface area (Å²) in [7, 11) is -0.155. The lowest BCUT2D eigenvalue weighted by molar-refractivity contribution is -0.0126. The van der Waals surface area contributed by atoms with E-state index in [0.717, 1.165) is 4.90 Å². The summed E-state index contributed by atoms with van der Waals surface area (Å²) in [5.41, 5.74) is -0.272. The monoisotopic (exact) mass is 377 g/mol. The largest absolute Gasteiger partial charge is 0.465 e. The summed E-state index contributed by atoms with van der Waals surface area (Å²) in [5, 5.41) is 1.25. The second kappa shape index (κ2) is 6.71. The molecule has 4 aromatic rings. The van der Waals surface area contributed by atoms with Gasteiger partial charge in [0.2, 0.25) is 0 Å². The van der Waals surface area contributed by atoms with Gasteiger partial charge in [0, 0.05) is 34.9 Å². The predicted octanol–water partition coefficient (Wildman–Crippen LogP) is 6.57. The van der Waals surface area contributed by atoms with Crippen molar-refractivity contribution < 1.29 is 13.9 Å². The minimum absolute atomic E-state index is 0.155. The van der Waals surface area contributed by atoms with Crippen molar-refractivity contribution in [2.24, 2.45) is 0 Å². The van der Waals surface area contributed by atoms with E-state index < -0.39 is 5.60 Å². The molecule has 4 rings (SSSR count). The third kappa shape index (κ3) is 3.28. The molecule has 0 spiro atoms. The third-order valence-electron chi connectivity index (χ3n) is 4.59. The van der Waals surface area contributed by atoms with Crippen LogP contribution in [0.4, 0.5) is 0 Å². The van der Waals surface area contributed by atoms with Crippen molar-refractivity contribution in [3.63, 3.8) is 0 Å². The van der Waals surface area contributed by atoms with Gasteiger partial charge in [-0.1, -0.05) is 18.2 Å². The van der Waals surface area contributed by atoms with E-state index in [1.807, 2.05) is 32.0 Å². The number of carbonyl (C=O) groups excluding carboxylic acids is 1. The number of benzene rings is 2. The molecular weight excluding hydrogens is 356 g/mol. The molecule has 3 nitrogen and oxygen atoms in total. The van der Waals surface area contributed by atoms with Crippen molar-refractivity contribution in [2.75, 3.05) is 0 Å². The molecule has 2 aromatic heterocycles. The summed E-state index contributed by atoms with van der Waals surface area (Å²) < 4.78 is 12.5. The Kier molecular flexibility index (Phi) is 4.36. The minimum Gasteiger partial charge on any atom is -0.465 e. The molecule has 136 valence electrons. The highest BCUT2D eigenvalue weighted by molar-refractivity contribution is 7.45. The Bertz CT molecular complexity index is 1100. The predicted molar refractivity (Wildman–Crippen MR) is 110 cm³/mol. The van der Waals surface area contributed by atoms with Gasteiger partial charge in [-0.25, -0.2) is 4.79 Å². The first-order valence-electron chi connectivity index (χ1n) is 8.85. The quantitative estimate of drug-likeness (QED) is 0.298. The maximum atomic E-state index is 12.8. The van der Waals surface area contributed by atoms with Crippen molar-refractivity contribution in [2.45, 2.75) is 26.4 Å². The minimum atomic E-state index is -0.825. The van der Waals surface area contributed by atoms with Crippen LogP contribution in [-0.4, -0.2) is 5.97 Å². The van der Waals surface area contributed by atoms with Crippen molar-refractivity contribution in [1.29, 1.82) is 0 Å².